The highest BCUT2D eigenvalue weighted by Gasteiger charge is 2.14. The molecule has 4 heterocycles. The van der Waals surface area contributed by atoms with Crippen LogP contribution in [0.25, 0.3) is 16.9 Å². The average molecular weight is 441 g/mol. The lowest BCUT2D eigenvalue weighted by atomic mass is 10.3. The first-order valence-corrected chi connectivity index (χ1v) is 11.3. The smallest absolute Gasteiger partial charge is 0.180 e. The van der Waals surface area contributed by atoms with Gasteiger partial charge in [-0.05, 0) is 38.0 Å². The van der Waals surface area contributed by atoms with E-state index in [0.717, 1.165) is 78.4 Å². The molecule has 0 unspecified atom stereocenters. The monoisotopic (exact) mass is 440 g/mol. The minimum Gasteiger partial charge on any atom is -0.380 e. The molecular weight excluding hydrogens is 412 g/mol. The van der Waals surface area contributed by atoms with Gasteiger partial charge in [0, 0.05) is 44.1 Å². The molecule has 4 rings (SSSR count). The molecule has 0 saturated carbocycles. The van der Waals surface area contributed by atoms with Crippen molar-refractivity contribution in [2.75, 3.05) is 38.2 Å². The molecule has 0 fully saturated rings. The number of nitrogens with zero attached hydrogens (tertiary/aromatic N) is 6. The average Bonchev–Trinajstić information content (AvgIpc) is 3.51. The van der Waals surface area contributed by atoms with Gasteiger partial charge in [0.15, 0.2) is 11.5 Å². The summed E-state index contributed by atoms with van der Waals surface area (Å²) in [4.78, 5) is 11.6. The molecule has 4 aromatic rings. The second-order valence-electron chi connectivity index (χ2n) is 7.24. The summed E-state index contributed by atoms with van der Waals surface area (Å²) in [6.45, 7) is 10.6. The van der Waals surface area contributed by atoms with Crippen LogP contribution in [0.5, 0.6) is 0 Å². The first-order valence-electron chi connectivity index (χ1n) is 10.5. The number of nitrogens with one attached hydrogen (secondary N) is 2. The highest BCUT2D eigenvalue weighted by molar-refractivity contribution is 7.10. The van der Waals surface area contributed by atoms with Crippen LogP contribution in [0.4, 0.5) is 10.8 Å². The van der Waals surface area contributed by atoms with Crippen LogP contribution < -0.4 is 5.32 Å². The SMILES string of the molecule is CCOCCN(CC)CCc1cc(Nc2nc(C)cn3c(-c4cn[nH]c4)cnc23)sn1. The molecule has 164 valence electrons. The Bertz CT molecular complexity index is 1100. The van der Waals surface area contributed by atoms with E-state index < -0.39 is 0 Å². The summed E-state index contributed by atoms with van der Waals surface area (Å²) in [5.74, 6) is 0.719. The van der Waals surface area contributed by atoms with Crippen molar-refractivity contribution >= 4 is 28.0 Å². The van der Waals surface area contributed by atoms with Crippen molar-refractivity contribution in [1.82, 2.24) is 33.8 Å². The quantitative estimate of drug-likeness (QED) is 0.344. The molecule has 0 saturated heterocycles. The van der Waals surface area contributed by atoms with Crippen LogP contribution in [-0.4, -0.2) is 66.7 Å². The normalized spacial score (nSPS) is 11.6. The fourth-order valence-corrected chi connectivity index (χ4v) is 4.13. The summed E-state index contributed by atoms with van der Waals surface area (Å²) in [7, 11) is 0. The lowest BCUT2D eigenvalue weighted by Gasteiger charge is -2.19. The predicted octanol–water partition coefficient (Wildman–Crippen LogP) is 3.53. The second-order valence-corrected chi connectivity index (χ2v) is 8.05. The van der Waals surface area contributed by atoms with E-state index in [-0.39, 0.29) is 0 Å². The Morgan fingerprint density at radius 1 is 1.26 bits per heavy atom. The first-order chi connectivity index (χ1) is 15.2. The van der Waals surface area contributed by atoms with Crippen molar-refractivity contribution in [3.63, 3.8) is 0 Å². The molecule has 0 aliphatic heterocycles. The highest BCUT2D eigenvalue weighted by Crippen LogP contribution is 2.27. The van der Waals surface area contributed by atoms with Gasteiger partial charge >= 0.3 is 0 Å². The topological polar surface area (TPSA) is 96.3 Å². The zero-order valence-electron chi connectivity index (χ0n) is 18.1. The summed E-state index contributed by atoms with van der Waals surface area (Å²) >= 11 is 1.45. The van der Waals surface area contributed by atoms with Gasteiger partial charge in [-0.3, -0.25) is 9.50 Å². The number of fused-ring (bicyclic) bond motifs is 1. The Kier molecular flexibility index (Phi) is 6.90. The molecular formula is C21H28N8OS. The Morgan fingerprint density at radius 3 is 2.94 bits per heavy atom. The van der Waals surface area contributed by atoms with Gasteiger partial charge in [-0.25, -0.2) is 9.97 Å². The number of imidazole rings is 1. The van der Waals surface area contributed by atoms with Gasteiger partial charge in [0.2, 0.25) is 0 Å². The molecule has 31 heavy (non-hydrogen) atoms. The Morgan fingerprint density at radius 2 is 2.16 bits per heavy atom. The molecule has 0 aromatic carbocycles. The molecule has 9 nitrogen and oxygen atoms in total. The third-order valence-corrected chi connectivity index (χ3v) is 5.84. The maximum absolute atomic E-state index is 5.47. The minimum absolute atomic E-state index is 0.719. The van der Waals surface area contributed by atoms with E-state index in [1.54, 1.807) is 6.20 Å². The van der Waals surface area contributed by atoms with E-state index >= 15 is 0 Å². The summed E-state index contributed by atoms with van der Waals surface area (Å²) < 4.78 is 12.1. The molecule has 0 aliphatic carbocycles. The van der Waals surface area contributed by atoms with Gasteiger partial charge in [-0.2, -0.15) is 9.47 Å². The maximum Gasteiger partial charge on any atom is 0.180 e. The van der Waals surface area contributed by atoms with Crippen LogP contribution in [0.15, 0.2) is 30.9 Å². The van der Waals surface area contributed by atoms with Crippen LogP contribution in [0.1, 0.15) is 25.2 Å². The zero-order chi connectivity index (χ0) is 21.6. The second kappa shape index (κ2) is 9.99. The molecule has 4 aromatic heterocycles. The fraction of sp³-hybridized carbons (Fsp3) is 0.429. The Labute approximate surface area is 185 Å². The number of anilines is 2. The Balaban J connectivity index is 1.46. The van der Waals surface area contributed by atoms with Gasteiger partial charge in [-0.1, -0.05) is 6.92 Å². The number of likely N-dealkylation sites (N-methyl/N-ethyl adjacent to an activating group) is 1. The summed E-state index contributed by atoms with van der Waals surface area (Å²) in [5.41, 5.74) is 4.69. The van der Waals surface area contributed by atoms with E-state index in [9.17, 15) is 0 Å². The van der Waals surface area contributed by atoms with Crippen molar-refractivity contribution in [2.24, 2.45) is 0 Å². The molecule has 0 bridgehead atoms. The van der Waals surface area contributed by atoms with E-state index in [2.05, 4.69) is 47.7 Å². The van der Waals surface area contributed by atoms with E-state index in [4.69, 9.17) is 4.74 Å². The van der Waals surface area contributed by atoms with Crippen molar-refractivity contribution < 1.29 is 4.74 Å². The number of rotatable bonds is 11. The fourth-order valence-electron chi connectivity index (χ4n) is 3.44. The molecule has 0 atom stereocenters. The highest BCUT2D eigenvalue weighted by atomic mass is 32.1. The Hall–Kier alpha value is -2.82. The molecule has 0 radical (unpaired) electrons. The third kappa shape index (κ3) is 5.09. The van der Waals surface area contributed by atoms with Crippen LogP contribution in [0.3, 0.4) is 0 Å². The van der Waals surface area contributed by atoms with E-state index in [0.29, 0.717) is 0 Å². The number of H-pyrrole nitrogens is 1. The number of ether oxygens (including phenoxy) is 1. The number of aromatic amines is 1. The van der Waals surface area contributed by atoms with Gasteiger partial charge in [-0.15, -0.1) is 0 Å². The number of hydrogen-bond acceptors (Lipinski definition) is 8. The molecule has 10 heteroatoms. The maximum atomic E-state index is 5.47. The number of hydrogen-bond donors (Lipinski definition) is 2. The standard InChI is InChI=1S/C21H28N8OS/c1-4-28(8-9-30-5-2)7-6-17-10-19(31-27-17)26-20-21-22-13-18(16-11-23-24-12-16)29(21)14-15(3)25-20/h10-14H,4-9H2,1-3H3,(H,23,24)(H,25,26). The van der Waals surface area contributed by atoms with Crippen molar-refractivity contribution in [2.45, 2.75) is 27.2 Å². The molecule has 0 aliphatic rings. The van der Waals surface area contributed by atoms with Gasteiger partial charge in [0.05, 0.1) is 36.1 Å². The summed E-state index contributed by atoms with van der Waals surface area (Å²) in [6.07, 6.45) is 8.37. The lowest BCUT2D eigenvalue weighted by Crippen LogP contribution is -2.29. The van der Waals surface area contributed by atoms with E-state index in [1.165, 1.54) is 11.5 Å². The van der Waals surface area contributed by atoms with Gasteiger partial charge < -0.3 is 15.0 Å². The van der Waals surface area contributed by atoms with Crippen molar-refractivity contribution in [3.05, 3.63) is 42.2 Å². The lowest BCUT2D eigenvalue weighted by molar-refractivity contribution is 0.115. The largest absolute Gasteiger partial charge is 0.380 e. The summed E-state index contributed by atoms with van der Waals surface area (Å²) in [5, 5.41) is 11.3. The minimum atomic E-state index is 0.719. The number of aromatic nitrogens is 6. The van der Waals surface area contributed by atoms with Crippen LogP contribution >= 0.6 is 11.5 Å². The number of aryl methyl sites for hydroxylation is 1. The first kappa shape index (κ1) is 21.4. The third-order valence-electron chi connectivity index (χ3n) is 5.09. The molecule has 0 amide bonds. The predicted molar refractivity (Wildman–Crippen MR) is 123 cm³/mol. The molecule has 2 N–H and O–H groups in total. The van der Waals surface area contributed by atoms with Crippen LogP contribution in [0.2, 0.25) is 0 Å². The van der Waals surface area contributed by atoms with Gasteiger partial charge in [0.25, 0.3) is 0 Å². The zero-order valence-corrected chi connectivity index (χ0v) is 18.9. The van der Waals surface area contributed by atoms with Crippen LogP contribution in [-0.2, 0) is 11.2 Å². The molecule has 0 spiro atoms. The van der Waals surface area contributed by atoms with Crippen LogP contribution in [0, 0.1) is 6.92 Å². The van der Waals surface area contributed by atoms with Gasteiger partial charge in [0.1, 0.15) is 5.00 Å². The van der Waals surface area contributed by atoms with Crippen molar-refractivity contribution in [1.29, 1.82) is 0 Å². The van der Waals surface area contributed by atoms with E-state index in [1.807, 2.05) is 36.8 Å². The summed E-state index contributed by atoms with van der Waals surface area (Å²) in [6, 6.07) is 2.10. The van der Waals surface area contributed by atoms with Crippen molar-refractivity contribution in [3.8, 4) is 11.3 Å².